The van der Waals surface area contributed by atoms with Gasteiger partial charge in [0, 0.05) is 31.2 Å². The quantitative estimate of drug-likeness (QED) is 0.922. The third-order valence-electron chi connectivity index (χ3n) is 4.68. The third kappa shape index (κ3) is 3.87. The van der Waals surface area contributed by atoms with Crippen LogP contribution in [0.2, 0.25) is 0 Å². The molecule has 1 amide bonds. The van der Waals surface area contributed by atoms with Crippen molar-refractivity contribution in [1.29, 1.82) is 0 Å². The van der Waals surface area contributed by atoms with Crippen molar-refractivity contribution in [2.75, 3.05) is 13.1 Å². The summed E-state index contributed by atoms with van der Waals surface area (Å²) >= 11 is 0. The molecule has 3 rings (SSSR count). The summed E-state index contributed by atoms with van der Waals surface area (Å²) in [6, 6.07) is 3.33. The molecule has 1 aliphatic heterocycles. The molecule has 0 radical (unpaired) electrons. The molecule has 1 saturated heterocycles. The predicted molar refractivity (Wildman–Crippen MR) is 88.1 cm³/mol. The van der Waals surface area contributed by atoms with Crippen LogP contribution in [0.3, 0.4) is 0 Å². The van der Waals surface area contributed by atoms with Crippen LogP contribution in [0.4, 0.5) is 8.78 Å². The maximum Gasteiger partial charge on any atom is 0.257 e. The van der Waals surface area contributed by atoms with E-state index in [4.69, 9.17) is 4.52 Å². The number of aromatic nitrogens is 1. The van der Waals surface area contributed by atoms with Gasteiger partial charge in [-0.05, 0) is 38.8 Å². The van der Waals surface area contributed by atoms with Gasteiger partial charge in [0.2, 0.25) is 0 Å². The number of hydrogen-bond acceptors (Lipinski definition) is 4. The largest absolute Gasteiger partial charge is 0.361 e. The zero-order chi connectivity index (χ0) is 18.0. The number of likely N-dealkylation sites (tertiary alicyclic amines) is 1. The van der Waals surface area contributed by atoms with Crippen LogP contribution in [0.25, 0.3) is 0 Å². The van der Waals surface area contributed by atoms with Crippen LogP contribution in [0.5, 0.6) is 0 Å². The fourth-order valence-electron chi connectivity index (χ4n) is 3.16. The lowest BCUT2D eigenvalue weighted by atomic mass is 10.0. The van der Waals surface area contributed by atoms with Crippen molar-refractivity contribution in [3.63, 3.8) is 0 Å². The maximum atomic E-state index is 13.7. The van der Waals surface area contributed by atoms with Crippen molar-refractivity contribution in [1.82, 2.24) is 15.4 Å². The minimum Gasteiger partial charge on any atom is -0.361 e. The average Bonchev–Trinajstić information content (AvgIpc) is 2.88. The van der Waals surface area contributed by atoms with E-state index in [-0.39, 0.29) is 6.04 Å². The summed E-state index contributed by atoms with van der Waals surface area (Å²) < 4.78 is 32.5. The molecule has 5 nitrogen and oxygen atoms in total. The van der Waals surface area contributed by atoms with Crippen LogP contribution in [0, 0.1) is 25.5 Å². The zero-order valence-electron chi connectivity index (χ0n) is 14.3. The number of rotatable bonds is 4. The van der Waals surface area contributed by atoms with Gasteiger partial charge in [-0.2, -0.15) is 0 Å². The molecular formula is C18H21F2N3O2. The van der Waals surface area contributed by atoms with Crippen LogP contribution in [0.15, 0.2) is 22.7 Å². The topological polar surface area (TPSA) is 58.4 Å². The minimum atomic E-state index is -0.839. The molecule has 1 aromatic carbocycles. The van der Waals surface area contributed by atoms with Gasteiger partial charge in [-0.3, -0.25) is 9.69 Å². The monoisotopic (exact) mass is 349 g/mol. The highest BCUT2D eigenvalue weighted by Gasteiger charge is 2.25. The predicted octanol–water partition coefficient (Wildman–Crippen LogP) is 2.96. The molecule has 0 aliphatic carbocycles. The van der Waals surface area contributed by atoms with Crippen LogP contribution < -0.4 is 5.32 Å². The highest BCUT2D eigenvalue weighted by atomic mass is 19.1. The minimum absolute atomic E-state index is 0.0903. The Kier molecular flexibility index (Phi) is 5.13. The summed E-state index contributed by atoms with van der Waals surface area (Å²) in [4.78, 5) is 14.4. The number of carbonyl (C=O) groups is 1. The Balaban J connectivity index is 1.55. The van der Waals surface area contributed by atoms with Gasteiger partial charge in [-0.1, -0.05) is 11.2 Å². The van der Waals surface area contributed by atoms with Gasteiger partial charge in [0.25, 0.3) is 5.91 Å². The Morgan fingerprint density at radius 1 is 1.28 bits per heavy atom. The number of nitrogens with one attached hydrogen (secondary N) is 1. The molecular weight excluding hydrogens is 328 g/mol. The summed E-state index contributed by atoms with van der Waals surface area (Å²) in [7, 11) is 0. The van der Waals surface area contributed by atoms with Gasteiger partial charge in [-0.25, -0.2) is 8.78 Å². The molecule has 25 heavy (non-hydrogen) atoms. The Bertz CT molecular complexity index is 728. The standard InChI is InChI=1S/C18H21F2N3O2/c1-11-14(12(2)25-22-11)10-23-8-6-13(7-9-23)21-18(24)17-15(19)4-3-5-16(17)20/h3-5,13H,6-10H2,1-2H3,(H,21,24). The van der Waals surface area contributed by atoms with Crippen molar-refractivity contribution in [2.45, 2.75) is 39.3 Å². The van der Waals surface area contributed by atoms with Crippen LogP contribution in [-0.2, 0) is 6.54 Å². The van der Waals surface area contributed by atoms with Crippen molar-refractivity contribution >= 4 is 5.91 Å². The second-order valence-corrected chi connectivity index (χ2v) is 6.42. The van der Waals surface area contributed by atoms with E-state index in [0.717, 1.165) is 61.6 Å². The molecule has 134 valence electrons. The van der Waals surface area contributed by atoms with E-state index in [1.54, 1.807) is 0 Å². The van der Waals surface area contributed by atoms with Gasteiger partial charge in [0.15, 0.2) is 0 Å². The van der Waals surface area contributed by atoms with Gasteiger partial charge in [0.1, 0.15) is 23.0 Å². The molecule has 1 aromatic heterocycles. The van der Waals surface area contributed by atoms with Gasteiger partial charge >= 0.3 is 0 Å². The fraction of sp³-hybridized carbons (Fsp3) is 0.444. The van der Waals surface area contributed by atoms with E-state index in [9.17, 15) is 13.6 Å². The van der Waals surface area contributed by atoms with E-state index in [1.165, 1.54) is 6.07 Å². The normalized spacial score (nSPS) is 16.2. The first-order chi connectivity index (χ1) is 12.0. The Morgan fingerprint density at radius 3 is 2.48 bits per heavy atom. The number of aryl methyl sites for hydroxylation is 2. The Morgan fingerprint density at radius 2 is 1.92 bits per heavy atom. The molecule has 1 aliphatic rings. The highest BCUT2D eigenvalue weighted by Crippen LogP contribution is 2.19. The second-order valence-electron chi connectivity index (χ2n) is 6.42. The third-order valence-corrected chi connectivity index (χ3v) is 4.68. The summed E-state index contributed by atoms with van der Waals surface area (Å²) in [5.74, 6) is -1.55. The molecule has 0 saturated carbocycles. The van der Waals surface area contributed by atoms with Gasteiger partial charge in [-0.15, -0.1) is 0 Å². The Labute approximate surface area is 145 Å². The number of amides is 1. The zero-order valence-corrected chi connectivity index (χ0v) is 14.3. The molecule has 0 bridgehead atoms. The number of piperidine rings is 1. The first-order valence-corrected chi connectivity index (χ1v) is 8.34. The number of nitrogens with zero attached hydrogens (tertiary/aromatic N) is 2. The molecule has 0 unspecified atom stereocenters. The molecule has 0 spiro atoms. The molecule has 0 atom stereocenters. The average molecular weight is 349 g/mol. The second kappa shape index (κ2) is 7.31. The van der Waals surface area contributed by atoms with Crippen molar-refractivity contribution in [3.8, 4) is 0 Å². The molecule has 1 fully saturated rings. The number of hydrogen-bond donors (Lipinski definition) is 1. The maximum absolute atomic E-state index is 13.7. The summed E-state index contributed by atoms with van der Waals surface area (Å²) in [6.07, 6.45) is 1.45. The van der Waals surface area contributed by atoms with E-state index in [1.807, 2.05) is 13.8 Å². The van der Waals surface area contributed by atoms with Gasteiger partial charge < -0.3 is 9.84 Å². The smallest absolute Gasteiger partial charge is 0.257 e. The van der Waals surface area contributed by atoms with Crippen LogP contribution >= 0.6 is 0 Å². The SMILES string of the molecule is Cc1noc(C)c1CN1CCC(NC(=O)c2c(F)cccc2F)CC1. The van der Waals surface area contributed by atoms with Crippen molar-refractivity contribution < 1.29 is 18.1 Å². The summed E-state index contributed by atoms with van der Waals surface area (Å²) in [5.41, 5.74) is 1.47. The van der Waals surface area contributed by atoms with E-state index in [2.05, 4.69) is 15.4 Å². The van der Waals surface area contributed by atoms with Crippen molar-refractivity contribution in [2.24, 2.45) is 0 Å². The molecule has 1 N–H and O–H groups in total. The first kappa shape index (κ1) is 17.5. The number of halogens is 2. The van der Waals surface area contributed by atoms with Crippen LogP contribution in [0.1, 0.15) is 40.2 Å². The van der Waals surface area contributed by atoms with E-state index >= 15 is 0 Å². The lowest BCUT2D eigenvalue weighted by Crippen LogP contribution is -2.44. The fourth-order valence-corrected chi connectivity index (χ4v) is 3.16. The lowest BCUT2D eigenvalue weighted by Gasteiger charge is -2.32. The summed E-state index contributed by atoms with van der Waals surface area (Å²) in [6.45, 7) is 6.14. The highest BCUT2D eigenvalue weighted by molar-refractivity contribution is 5.94. The molecule has 7 heteroatoms. The van der Waals surface area contributed by atoms with Crippen LogP contribution in [-0.4, -0.2) is 35.1 Å². The van der Waals surface area contributed by atoms with Crippen molar-refractivity contribution in [3.05, 3.63) is 52.4 Å². The summed E-state index contributed by atoms with van der Waals surface area (Å²) in [5, 5.41) is 6.70. The van der Waals surface area contributed by atoms with E-state index in [0.29, 0.717) is 0 Å². The number of benzene rings is 1. The number of carbonyl (C=O) groups excluding carboxylic acids is 1. The van der Waals surface area contributed by atoms with Gasteiger partial charge in [0.05, 0.1) is 5.69 Å². The molecule has 2 heterocycles. The Hall–Kier alpha value is -2.28. The van der Waals surface area contributed by atoms with E-state index < -0.39 is 23.1 Å². The molecule has 2 aromatic rings. The lowest BCUT2D eigenvalue weighted by molar-refractivity contribution is 0.0900. The first-order valence-electron chi connectivity index (χ1n) is 8.34.